The number of hydrogen-bond acceptors (Lipinski definition) is 3. The van der Waals surface area contributed by atoms with Crippen molar-refractivity contribution in [2.75, 3.05) is 0 Å². The lowest BCUT2D eigenvalue weighted by atomic mass is 10.4. The van der Waals surface area contributed by atoms with Gasteiger partial charge < -0.3 is 5.32 Å². The number of rotatable bonds is 2. The van der Waals surface area contributed by atoms with Crippen molar-refractivity contribution in [2.24, 2.45) is 5.92 Å². The molecule has 1 aliphatic rings. The van der Waals surface area contributed by atoms with Crippen LogP contribution in [0.25, 0.3) is 0 Å². The summed E-state index contributed by atoms with van der Waals surface area (Å²) in [6.45, 7) is 2.14. The lowest BCUT2D eigenvalue weighted by Crippen LogP contribution is -2.25. The van der Waals surface area contributed by atoms with Crippen molar-refractivity contribution in [3.8, 4) is 0 Å². The van der Waals surface area contributed by atoms with E-state index in [4.69, 9.17) is 0 Å². The van der Waals surface area contributed by atoms with Crippen LogP contribution < -0.4 is 5.32 Å². The van der Waals surface area contributed by atoms with E-state index in [9.17, 15) is 4.79 Å². The molecule has 2 rings (SSSR count). The van der Waals surface area contributed by atoms with E-state index in [1.807, 2.05) is 0 Å². The predicted molar refractivity (Wildman–Crippen MR) is 47.1 cm³/mol. The molecule has 1 fully saturated rings. The van der Waals surface area contributed by atoms with Crippen LogP contribution in [0.2, 0.25) is 0 Å². The normalized spacial score (nSPS) is 26.8. The third-order valence-corrected chi connectivity index (χ3v) is 2.85. The molecule has 4 heteroatoms. The van der Waals surface area contributed by atoms with Gasteiger partial charge in [-0.05, 0) is 12.3 Å². The summed E-state index contributed by atoms with van der Waals surface area (Å²) in [5, 5.41) is 2.94. The minimum atomic E-state index is 0.0202. The lowest BCUT2D eigenvalue weighted by molar-refractivity contribution is 0.0953. The van der Waals surface area contributed by atoms with Crippen LogP contribution in [0.3, 0.4) is 0 Å². The fourth-order valence-corrected chi connectivity index (χ4v) is 1.61. The van der Waals surface area contributed by atoms with Gasteiger partial charge in [0.15, 0.2) is 0 Å². The van der Waals surface area contributed by atoms with E-state index in [0.29, 0.717) is 16.8 Å². The molecule has 0 spiro atoms. The molecule has 1 N–H and O–H groups in total. The third-order valence-electron chi connectivity index (χ3n) is 2.08. The Balaban J connectivity index is 1.93. The largest absolute Gasteiger partial charge is 0.348 e. The van der Waals surface area contributed by atoms with Crippen molar-refractivity contribution < 1.29 is 4.79 Å². The second kappa shape index (κ2) is 2.86. The number of carbonyl (C=O) groups is 1. The Morgan fingerprint density at radius 2 is 2.58 bits per heavy atom. The summed E-state index contributed by atoms with van der Waals surface area (Å²) >= 11 is 1.38. The zero-order valence-corrected chi connectivity index (χ0v) is 7.60. The number of hydrogen-bond donors (Lipinski definition) is 1. The van der Waals surface area contributed by atoms with Crippen LogP contribution in [-0.2, 0) is 0 Å². The summed E-state index contributed by atoms with van der Waals surface area (Å²) in [7, 11) is 0. The van der Waals surface area contributed by atoms with Crippen LogP contribution >= 0.6 is 11.3 Å². The van der Waals surface area contributed by atoms with E-state index in [1.165, 1.54) is 11.3 Å². The summed E-state index contributed by atoms with van der Waals surface area (Å²) < 4.78 is 0. The number of nitrogens with zero attached hydrogens (tertiary/aromatic N) is 1. The highest BCUT2D eigenvalue weighted by Crippen LogP contribution is 2.29. The third kappa shape index (κ3) is 1.48. The topological polar surface area (TPSA) is 42.0 Å². The molecule has 1 aromatic rings. The second-order valence-electron chi connectivity index (χ2n) is 3.16. The Hall–Kier alpha value is -0.900. The molecule has 64 valence electrons. The summed E-state index contributed by atoms with van der Waals surface area (Å²) in [6, 6.07) is 0.402. The Morgan fingerprint density at radius 3 is 3.08 bits per heavy atom. The molecule has 2 atom stereocenters. The summed E-state index contributed by atoms with van der Waals surface area (Å²) in [5.74, 6) is 0.675. The average molecular weight is 182 g/mol. The van der Waals surface area contributed by atoms with Crippen molar-refractivity contribution in [3.05, 3.63) is 16.6 Å². The Morgan fingerprint density at radius 1 is 1.83 bits per heavy atom. The van der Waals surface area contributed by atoms with Crippen molar-refractivity contribution in [1.29, 1.82) is 0 Å². The van der Waals surface area contributed by atoms with Gasteiger partial charge in [-0.2, -0.15) is 0 Å². The number of aromatic nitrogens is 1. The molecule has 2 unspecified atom stereocenters. The van der Waals surface area contributed by atoms with Gasteiger partial charge in [-0.1, -0.05) is 6.92 Å². The minimum Gasteiger partial charge on any atom is -0.348 e. The average Bonchev–Trinajstić information content (AvgIpc) is 2.58. The number of thiazole rings is 1. The van der Waals surface area contributed by atoms with Crippen LogP contribution in [0.4, 0.5) is 0 Å². The van der Waals surface area contributed by atoms with Gasteiger partial charge in [0, 0.05) is 6.04 Å². The number of nitrogens with one attached hydrogen (secondary N) is 1. The molecule has 0 radical (unpaired) electrons. The first kappa shape index (κ1) is 7.73. The first-order chi connectivity index (χ1) is 5.77. The molecular weight excluding hydrogens is 172 g/mol. The zero-order chi connectivity index (χ0) is 8.55. The van der Waals surface area contributed by atoms with E-state index in [2.05, 4.69) is 17.2 Å². The van der Waals surface area contributed by atoms with Gasteiger partial charge in [0.2, 0.25) is 0 Å². The van der Waals surface area contributed by atoms with Gasteiger partial charge >= 0.3 is 0 Å². The molecule has 0 bridgehead atoms. The van der Waals surface area contributed by atoms with Crippen molar-refractivity contribution in [2.45, 2.75) is 19.4 Å². The maximum absolute atomic E-state index is 11.4. The highest BCUT2D eigenvalue weighted by atomic mass is 32.1. The van der Waals surface area contributed by atoms with E-state index < -0.39 is 0 Å². The van der Waals surface area contributed by atoms with Crippen LogP contribution in [0.15, 0.2) is 11.7 Å². The van der Waals surface area contributed by atoms with E-state index in [1.54, 1.807) is 11.7 Å². The standard InChI is InChI=1S/C8H10N2OS/c1-5-2-6(5)10-8(11)7-3-9-4-12-7/h3-6H,2H2,1H3,(H,10,11). The fourth-order valence-electron chi connectivity index (χ4n) is 1.09. The van der Waals surface area contributed by atoms with Crippen LogP contribution in [-0.4, -0.2) is 16.9 Å². The van der Waals surface area contributed by atoms with Crippen molar-refractivity contribution >= 4 is 17.2 Å². The number of amides is 1. The molecular formula is C8H10N2OS. The molecule has 1 aliphatic carbocycles. The Bertz CT molecular complexity index is 283. The maximum Gasteiger partial charge on any atom is 0.263 e. The Labute approximate surface area is 74.8 Å². The van der Waals surface area contributed by atoms with Gasteiger partial charge in [0.25, 0.3) is 5.91 Å². The van der Waals surface area contributed by atoms with Gasteiger partial charge in [-0.3, -0.25) is 9.78 Å². The summed E-state index contributed by atoms with van der Waals surface area (Å²) in [5.41, 5.74) is 1.67. The first-order valence-electron chi connectivity index (χ1n) is 3.96. The maximum atomic E-state index is 11.4. The molecule has 0 aliphatic heterocycles. The lowest BCUT2D eigenvalue weighted by Gasteiger charge is -1.98. The zero-order valence-electron chi connectivity index (χ0n) is 6.78. The Kier molecular flexibility index (Phi) is 1.84. The highest BCUT2D eigenvalue weighted by Gasteiger charge is 2.34. The molecule has 3 nitrogen and oxygen atoms in total. The molecule has 1 aromatic heterocycles. The van der Waals surface area contributed by atoms with Gasteiger partial charge in [0.1, 0.15) is 4.88 Å². The van der Waals surface area contributed by atoms with Gasteiger partial charge in [-0.15, -0.1) is 11.3 Å². The fraction of sp³-hybridized carbons (Fsp3) is 0.500. The van der Waals surface area contributed by atoms with E-state index in [0.717, 1.165) is 6.42 Å². The van der Waals surface area contributed by atoms with Crippen molar-refractivity contribution in [1.82, 2.24) is 10.3 Å². The molecule has 1 saturated carbocycles. The van der Waals surface area contributed by atoms with Crippen molar-refractivity contribution in [3.63, 3.8) is 0 Å². The quantitative estimate of drug-likeness (QED) is 0.748. The molecule has 1 amide bonds. The molecule has 0 aromatic carbocycles. The first-order valence-corrected chi connectivity index (χ1v) is 4.84. The van der Waals surface area contributed by atoms with Crippen LogP contribution in [0.5, 0.6) is 0 Å². The molecule has 0 saturated heterocycles. The van der Waals surface area contributed by atoms with Gasteiger partial charge in [0.05, 0.1) is 11.7 Å². The monoisotopic (exact) mass is 182 g/mol. The smallest absolute Gasteiger partial charge is 0.263 e. The molecule has 1 heterocycles. The highest BCUT2D eigenvalue weighted by molar-refractivity contribution is 7.11. The SMILES string of the molecule is CC1CC1NC(=O)c1cncs1. The minimum absolute atomic E-state index is 0.0202. The molecule has 12 heavy (non-hydrogen) atoms. The van der Waals surface area contributed by atoms with Crippen LogP contribution in [0, 0.1) is 5.92 Å². The number of carbonyl (C=O) groups excluding carboxylic acids is 1. The van der Waals surface area contributed by atoms with Gasteiger partial charge in [-0.25, -0.2) is 0 Å². The predicted octanol–water partition coefficient (Wildman–Crippen LogP) is 1.28. The van der Waals surface area contributed by atoms with Crippen LogP contribution in [0.1, 0.15) is 23.0 Å². The summed E-state index contributed by atoms with van der Waals surface area (Å²) in [6.07, 6.45) is 2.72. The summed E-state index contributed by atoms with van der Waals surface area (Å²) in [4.78, 5) is 15.9. The van der Waals surface area contributed by atoms with E-state index in [-0.39, 0.29) is 5.91 Å². The van der Waals surface area contributed by atoms with E-state index >= 15 is 0 Å². The second-order valence-corrected chi connectivity index (χ2v) is 4.04.